The van der Waals surface area contributed by atoms with E-state index in [1.165, 1.54) is 25.7 Å². The van der Waals surface area contributed by atoms with Crippen LogP contribution >= 0.6 is 0 Å². The van der Waals surface area contributed by atoms with Crippen LogP contribution in [0.4, 0.5) is 0 Å². The molecule has 1 amide bonds. The van der Waals surface area contributed by atoms with Gasteiger partial charge in [0.2, 0.25) is 5.91 Å². The maximum absolute atomic E-state index is 12.8. The largest absolute Gasteiger partial charge is 0.383 e. The van der Waals surface area contributed by atoms with Crippen molar-refractivity contribution in [3.63, 3.8) is 0 Å². The number of benzene rings is 1. The van der Waals surface area contributed by atoms with Gasteiger partial charge in [0.25, 0.3) is 0 Å². The van der Waals surface area contributed by atoms with Crippen LogP contribution in [0.15, 0.2) is 24.3 Å². The summed E-state index contributed by atoms with van der Waals surface area (Å²) in [6, 6.07) is 7.08. The number of amides is 1. The van der Waals surface area contributed by atoms with Crippen molar-refractivity contribution >= 4 is 16.0 Å². The first-order valence-corrected chi connectivity index (χ1v) is 11.4. The molecule has 0 aliphatic heterocycles. The van der Waals surface area contributed by atoms with E-state index in [1.807, 2.05) is 17.0 Å². The Morgan fingerprint density at radius 1 is 1.23 bits per heavy atom. The molecule has 0 bridgehead atoms. The van der Waals surface area contributed by atoms with E-state index in [4.69, 9.17) is 4.18 Å². The predicted molar refractivity (Wildman–Crippen MR) is 103 cm³/mol. The highest BCUT2D eigenvalue weighted by atomic mass is 32.2. The fraction of sp³-hybridized carbons (Fsp3) is 0.650. The van der Waals surface area contributed by atoms with Crippen LogP contribution in [0.25, 0.3) is 0 Å². The highest BCUT2D eigenvalue weighted by molar-refractivity contribution is 7.86. The Bertz CT molecular complexity index is 678. The number of rotatable bonds is 9. The summed E-state index contributed by atoms with van der Waals surface area (Å²) in [6.45, 7) is 4.71. The molecule has 0 unspecified atom stereocenters. The molecule has 0 saturated heterocycles. The Morgan fingerprint density at radius 2 is 1.85 bits per heavy atom. The van der Waals surface area contributed by atoms with Crippen molar-refractivity contribution in [3.05, 3.63) is 29.8 Å². The molecule has 1 aromatic rings. The third-order valence-electron chi connectivity index (χ3n) is 5.21. The summed E-state index contributed by atoms with van der Waals surface area (Å²) in [6.07, 6.45) is 8.67. The fourth-order valence-corrected chi connectivity index (χ4v) is 3.96. The molecule has 0 radical (unpaired) electrons. The molecule has 6 heteroatoms. The molecular formula is C20H31NO4S. The van der Waals surface area contributed by atoms with Crippen molar-refractivity contribution in [2.75, 3.05) is 6.26 Å². The van der Waals surface area contributed by atoms with E-state index in [0.29, 0.717) is 24.6 Å². The lowest BCUT2D eigenvalue weighted by Gasteiger charge is -2.29. The lowest BCUT2D eigenvalue weighted by Crippen LogP contribution is -2.37. The van der Waals surface area contributed by atoms with Gasteiger partial charge in [-0.25, -0.2) is 0 Å². The number of hydrogen-bond donors (Lipinski definition) is 0. The van der Waals surface area contributed by atoms with Crippen molar-refractivity contribution < 1.29 is 17.4 Å². The van der Waals surface area contributed by atoms with Gasteiger partial charge < -0.3 is 9.08 Å². The molecule has 2 rings (SSSR count). The molecule has 1 fully saturated rings. The summed E-state index contributed by atoms with van der Waals surface area (Å²) in [7, 11) is -3.52. The molecule has 1 saturated carbocycles. The van der Waals surface area contributed by atoms with Crippen molar-refractivity contribution in [2.45, 2.75) is 71.4 Å². The van der Waals surface area contributed by atoms with Crippen molar-refractivity contribution in [2.24, 2.45) is 5.92 Å². The van der Waals surface area contributed by atoms with E-state index < -0.39 is 10.1 Å². The molecule has 0 N–H and O–H groups in total. The lowest BCUT2D eigenvalue weighted by atomic mass is 10.0. The molecule has 0 aromatic heterocycles. The minimum absolute atomic E-state index is 0.179. The number of carbonyl (C=O) groups excluding carboxylic acids is 1. The Hall–Kier alpha value is -1.56. The lowest BCUT2D eigenvalue weighted by molar-refractivity contribution is -0.134. The van der Waals surface area contributed by atoms with Crippen LogP contribution < -0.4 is 4.18 Å². The van der Waals surface area contributed by atoms with E-state index >= 15 is 0 Å². The second-order valence-electron chi connectivity index (χ2n) is 7.40. The molecule has 1 aliphatic carbocycles. The van der Waals surface area contributed by atoms with Gasteiger partial charge in [-0.2, -0.15) is 8.42 Å². The zero-order valence-electron chi connectivity index (χ0n) is 16.1. The van der Waals surface area contributed by atoms with Gasteiger partial charge in [0.1, 0.15) is 5.75 Å². The van der Waals surface area contributed by atoms with Gasteiger partial charge in [-0.3, -0.25) is 4.79 Å². The van der Waals surface area contributed by atoms with Gasteiger partial charge in [-0.1, -0.05) is 44.7 Å². The van der Waals surface area contributed by atoms with Crippen molar-refractivity contribution in [1.29, 1.82) is 0 Å². The average Bonchev–Trinajstić information content (AvgIpc) is 3.10. The molecule has 1 atom stereocenters. The van der Waals surface area contributed by atoms with Crippen LogP contribution in [-0.2, 0) is 21.5 Å². The van der Waals surface area contributed by atoms with Crippen molar-refractivity contribution in [3.8, 4) is 5.75 Å². The van der Waals surface area contributed by atoms with Gasteiger partial charge in [0, 0.05) is 19.0 Å². The second-order valence-corrected chi connectivity index (χ2v) is 8.97. The van der Waals surface area contributed by atoms with E-state index in [1.54, 1.807) is 12.1 Å². The average molecular weight is 382 g/mol. The standard InChI is InChI=1S/C20H31NO4S/c1-4-16(2)21(20(22)14-11-17-7-5-6-8-17)15-18-9-12-19(13-10-18)25-26(3,23)24/h9-10,12-13,16-17H,4-8,11,14-15H2,1-3H3/t16-/m0/s1. The van der Waals surface area contributed by atoms with Crippen molar-refractivity contribution in [1.82, 2.24) is 4.90 Å². The normalized spacial score (nSPS) is 16.4. The number of hydrogen-bond acceptors (Lipinski definition) is 4. The first-order chi connectivity index (χ1) is 12.3. The van der Waals surface area contributed by atoms with E-state index in [-0.39, 0.29) is 11.9 Å². The topological polar surface area (TPSA) is 63.7 Å². The zero-order chi connectivity index (χ0) is 19.2. The molecular weight excluding hydrogens is 350 g/mol. The molecule has 0 heterocycles. The molecule has 5 nitrogen and oxygen atoms in total. The maximum atomic E-state index is 12.8. The van der Waals surface area contributed by atoms with Crippen LogP contribution in [0.1, 0.15) is 64.4 Å². The highest BCUT2D eigenvalue weighted by Gasteiger charge is 2.22. The van der Waals surface area contributed by atoms with Crippen LogP contribution in [-0.4, -0.2) is 31.5 Å². The predicted octanol–water partition coefficient (Wildman–Crippen LogP) is 4.12. The molecule has 1 aromatic carbocycles. The number of carbonyl (C=O) groups is 1. The quantitative estimate of drug-likeness (QED) is 0.604. The summed E-state index contributed by atoms with van der Waals surface area (Å²) < 4.78 is 27.2. The summed E-state index contributed by atoms with van der Waals surface area (Å²) >= 11 is 0. The Morgan fingerprint density at radius 3 is 2.38 bits per heavy atom. The monoisotopic (exact) mass is 381 g/mol. The number of nitrogens with zero attached hydrogens (tertiary/aromatic N) is 1. The maximum Gasteiger partial charge on any atom is 0.306 e. The summed E-state index contributed by atoms with van der Waals surface area (Å²) in [5.41, 5.74) is 0.973. The smallest absolute Gasteiger partial charge is 0.306 e. The SMILES string of the molecule is CC[C@H](C)N(Cc1ccc(OS(C)(=O)=O)cc1)C(=O)CCC1CCCC1. The minimum Gasteiger partial charge on any atom is -0.383 e. The third-order valence-corrected chi connectivity index (χ3v) is 5.70. The molecule has 1 aliphatic rings. The summed E-state index contributed by atoms with van der Waals surface area (Å²) in [4.78, 5) is 14.7. The van der Waals surface area contributed by atoms with Crippen LogP contribution in [0, 0.1) is 5.92 Å². The summed E-state index contributed by atoms with van der Waals surface area (Å²) in [5.74, 6) is 1.21. The Labute approximate surface area is 157 Å². The molecule has 26 heavy (non-hydrogen) atoms. The van der Waals surface area contributed by atoms with Gasteiger partial charge >= 0.3 is 10.1 Å². The van der Waals surface area contributed by atoms with E-state index in [2.05, 4.69) is 13.8 Å². The van der Waals surface area contributed by atoms with Crippen LogP contribution in [0.2, 0.25) is 0 Å². The Balaban J connectivity index is 1.98. The molecule has 146 valence electrons. The first kappa shape index (κ1) is 20.7. The highest BCUT2D eigenvalue weighted by Crippen LogP contribution is 2.29. The fourth-order valence-electron chi connectivity index (χ4n) is 3.50. The molecule has 0 spiro atoms. The van der Waals surface area contributed by atoms with Gasteiger partial charge in [-0.15, -0.1) is 0 Å². The van der Waals surface area contributed by atoms with E-state index in [9.17, 15) is 13.2 Å². The van der Waals surface area contributed by atoms with Gasteiger partial charge in [0.15, 0.2) is 0 Å². The Kier molecular flexibility index (Phi) is 7.50. The third kappa shape index (κ3) is 6.63. The van der Waals surface area contributed by atoms with E-state index in [0.717, 1.165) is 24.7 Å². The van der Waals surface area contributed by atoms with Gasteiger partial charge in [-0.05, 0) is 43.4 Å². The second kappa shape index (κ2) is 9.40. The van der Waals surface area contributed by atoms with Gasteiger partial charge in [0.05, 0.1) is 6.26 Å². The minimum atomic E-state index is -3.52. The zero-order valence-corrected chi connectivity index (χ0v) is 16.9. The van der Waals surface area contributed by atoms with Crippen LogP contribution in [0.5, 0.6) is 5.75 Å². The first-order valence-electron chi connectivity index (χ1n) is 9.56. The van der Waals surface area contributed by atoms with Crippen LogP contribution in [0.3, 0.4) is 0 Å². The summed E-state index contributed by atoms with van der Waals surface area (Å²) in [5, 5.41) is 0.